The first-order valence-corrected chi connectivity index (χ1v) is 20.1. The van der Waals surface area contributed by atoms with Crippen LogP contribution in [0.5, 0.6) is 0 Å². The van der Waals surface area contributed by atoms with Crippen molar-refractivity contribution in [2.75, 3.05) is 26.4 Å². The molecule has 0 unspecified atom stereocenters. The Hall–Kier alpha value is -0.940. The lowest BCUT2D eigenvalue weighted by atomic mass is 10.0. The van der Waals surface area contributed by atoms with Crippen LogP contribution in [0.1, 0.15) is 219 Å². The van der Waals surface area contributed by atoms with E-state index in [0.29, 0.717) is 12.8 Å². The quantitative estimate of drug-likeness (QED) is 0.0382. The molecule has 0 saturated carbocycles. The molecular formula is C40H78O5. The standard InChI is InChI=1S/C40H78O5/c1-3-43-37-33-29-25-21-17-13-9-5-7-11-15-19-23-27-31-35-39(41)45-40(42)36-32-28-24-20-16-12-8-6-10-14-18-22-26-30-34-38-44-4-2/h3-38H2,1-2H3. The summed E-state index contributed by atoms with van der Waals surface area (Å²) in [7, 11) is 0. The number of carbonyl (C=O) groups excluding carboxylic acids is 2. The van der Waals surface area contributed by atoms with Gasteiger partial charge in [-0.25, -0.2) is 0 Å². The first kappa shape index (κ1) is 44.1. The number of carbonyl (C=O) groups is 2. The van der Waals surface area contributed by atoms with Gasteiger partial charge in [0.2, 0.25) is 0 Å². The number of rotatable bonds is 38. The van der Waals surface area contributed by atoms with E-state index in [-0.39, 0.29) is 11.9 Å². The molecule has 268 valence electrons. The van der Waals surface area contributed by atoms with Gasteiger partial charge in [-0.1, -0.05) is 167 Å². The Morgan fingerprint density at radius 2 is 0.511 bits per heavy atom. The molecule has 0 aliphatic rings. The summed E-state index contributed by atoms with van der Waals surface area (Å²) in [5.74, 6) is -0.661. The van der Waals surface area contributed by atoms with Gasteiger partial charge in [-0.05, 0) is 39.5 Å². The van der Waals surface area contributed by atoms with Gasteiger partial charge in [0.15, 0.2) is 0 Å². The maximum Gasteiger partial charge on any atom is 0.313 e. The minimum absolute atomic E-state index is 0.331. The fourth-order valence-corrected chi connectivity index (χ4v) is 6.06. The Morgan fingerprint density at radius 3 is 0.733 bits per heavy atom. The van der Waals surface area contributed by atoms with Crippen LogP contribution in [-0.4, -0.2) is 38.4 Å². The Kier molecular flexibility index (Phi) is 38.4. The van der Waals surface area contributed by atoms with Crippen molar-refractivity contribution in [3.05, 3.63) is 0 Å². The summed E-state index contributed by atoms with van der Waals surface area (Å²) in [4.78, 5) is 23.9. The van der Waals surface area contributed by atoms with Crippen LogP contribution in [0, 0.1) is 0 Å². The molecular weight excluding hydrogens is 560 g/mol. The molecule has 5 heteroatoms. The highest BCUT2D eigenvalue weighted by atomic mass is 16.6. The van der Waals surface area contributed by atoms with Crippen LogP contribution in [-0.2, 0) is 23.8 Å². The van der Waals surface area contributed by atoms with Gasteiger partial charge < -0.3 is 14.2 Å². The molecule has 0 aliphatic heterocycles. The average molecular weight is 639 g/mol. The van der Waals surface area contributed by atoms with E-state index in [2.05, 4.69) is 13.8 Å². The SMILES string of the molecule is CCOCCCCCCCCCCCCCCCCCC(=O)OC(=O)CCCCCCCCCCCCCCCCCOCC. The Balaban J connectivity index is 3.26. The molecule has 0 N–H and O–H groups in total. The summed E-state index contributed by atoms with van der Waals surface area (Å²) >= 11 is 0. The molecule has 0 heterocycles. The number of esters is 2. The molecule has 0 atom stereocenters. The van der Waals surface area contributed by atoms with E-state index in [1.807, 2.05) is 0 Å². The van der Waals surface area contributed by atoms with Crippen LogP contribution >= 0.6 is 0 Å². The van der Waals surface area contributed by atoms with Crippen LogP contribution < -0.4 is 0 Å². The van der Waals surface area contributed by atoms with E-state index in [1.54, 1.807) is 0 Å². The van der Waals surface area contributed by atoms with Crippen molar-refractivity contribution in [3.63, 3.8) is 0 Å². The van der Waals surface area contributed by atoms with Crippen molar-refractivity contribution in [1.29, 1.82) is 0 Å². The molecule has 0 radical (unpaired) electrons. The number of hydrogen-bond donors (Lipinski definition) is 0. The zero-order chi connectivity index (χ0) is 32.7. The normalized spacial score (nSPS) is 11.3. The summed E-state index contributed by atoms with van der Waals surface area (Å²) in [5.41, 5.74) is 0. The largest absolute Gasteiger partial charge is 0.393 e. The summed E-state index contributed by atoms with van der Waals surface area (Å²) in [6.45, 7) is 7.68. The van der Waals surface area contributed by atoms with Crippen LogP contribution in [0.4, 0.5) is 0 Å². The van der Waals surface area contributed by atoms with Crippen LogP contribution in [0.25, 0.3) is 0 Å². The zero-order valence-electron chi connectivity index (χ0n) is 30.5. The molecule has 0 saturated heterocycles. The van der Waals surface area contributed by atoms with Gasteiger partial charge in [0, 0.05) is 39.3 Å². The zero-order valence-corrected chi connectivity index (χ0v) is 30.5. The fourth-order valence-electron chi connectivity index (χ4n) is 6.06. The second-order valence-corrected chi connectivity index (χ2v) is 13.3. The highest BCUT2D eigenvalue weighted by Crippen LogP contribution is 2.16. The van der Waals surface area contributed by atoms with Gasteiger partial charge in [-0.15, -0.1) is 0 Å². The monoisotopic (exact) mass is 639 g/mol. The van der Waals surface area contributed by atoms with Crippen molar-refractivity contribution in [2.45, 2.75) is 219 Å². The fraction of sp³-hybridized carbons (Fsp3) is 0.950. The second kappa shape index (κ2) is 39.2. The van der Waals surface area contributed by atoms with Gasteiger partial charge in [-0.3, -0.25) is 9.59 Å². The van der Waals surface area contributed by atoms with Gasteiger partial charge in [0.1, 0.15) is 0 Å². The van der Waals surface area contributed by atoms with Crippen molar-refractivity contribution < 1.29 is 23.8 Å². The molecule has 0 spiro atoms. The topological polar surface area (TPSA) is 61.8 Å². The summed E-state index contributed by atoms with van der Waals surface area (Å²) in [6.07, 6.45) is 39.1. The van der Waals surface area contributed by atoms with E-state index in [1.165, 1.54) is 167 Å². The lowest BCUT2D eigenvalue weighted by Crippen LogP contribution is -2.11. The Labute approximate surface area is 281 Å². The smallest absolute Gasteiger partial charge is 0.313 e. The van der Waals surface area contributed by atoms with Gasteiger partial charge in [-0.2, -0.15) is 0 Å². The van der Waals surface area contributed by atoms with E-state index >= 15 is 0 Å². The minimum atomic E-state index is -0.331. The van der Waals surface area contributed by atoms with Crippen molar-refractivity contribution >= 4 is 11.9 Å². The number of ether oxygens (including phenoxy) is 3. The molecule has 0 aromatic rings. The molecule has 0 aromatic carbocycles. The third-order valence-electron chi connectivity index (χ3n) is 8.98. The van der Waals surface area contributed by atoms with Crippen LogP contribution in [0.15, 0.2) is 0 Å². The molecule has 0 aliphatic carbocycles. The minimum Gasteiger partial charge on any atom is -0.393 e. The van der Waals surface area contributed by atoms with Crippen LogP contribution in [0.2, 0.25) is 0 Å². The number of hydrogen-bond acceptors (Lipinski definition) is 5. The summed E-state index contributed by atoms with van der Waals surface area (Å²) < 4.78 is 15.8. The van der Waals surface area contributed by atoms with Gasteiger partial charge >= 0.3 is 11.9 Å². The lowest BCUT2D eigenvalue weighted by Gasteiger charge is -2.05. The average Bonchev–Trinajstić information content (AvgIpc) is 3.03. The van der Waals surface area contributed by atoms with E-state index in [0.717, 1.165) is 52.1 Å². The van der Waals surface area contributed by atoms with Gasteiger partial charge in [0.25, 0.3) is 0 Å². The maximum absolute atomic E-state index is 12.0. The first-order valence-electron chi connectivity index (χ1n) is 20.1. The van der Waals surface area contributed by atoms with Crippen molar-refractivity contribution in [3.8, 4) is 0 Å². The number of unbranched alkanes of at least 4 members (excludes halogenated alkanes) is 28. The third-order valence-corrected chi connectivity index (χ3v) is 8.98. The molecule has 0 amide bonds. The molecule has 45 heavy (non-hydrogen) atoms. The molecule has 0 rings (SSSR count). The summed E-state index contributed by atoms with van der Waals surface area (Å²) in [6, 6.07) is 0. The predicted octanol–water partition coefficient (Wildman–Crippen LogP) is 12.6. The highest BCUT2D eigenvalue weighted by molar-refractivity contribution is 5.85. The second-order valence-electron chi connectivity index (χ2n) is 13.3. The van der Waals surface area contributed by atoms with E-state index in [4.69, 9.17) is 14.2 Å². The molecule has 0 aromatic heterocycles. The van der Waals surface area contributed by atoms with Gasteiger partial charge in [0.05, 0.1) is 0 Å². The van der Waals surface area contributed by atoms with Crippen molar-refractivity contribution in [1.82, 2.24) is 0 Å². The maximum atomic E-state index is 12.0. The lowest BCUT2D eigenvalue weighted by molar-refractivity contribution is -0.159. The Morgan fingerprint density at radius 1 is 0.311 bits per heavy atom. The predicted molar refractivity (Wildman–Crippen MR) is 192 cm³/mol. The van der Waals surface area contributed by atoms with E-state index < -0.39 is 0 Å². The van der Waals surface area contributed by atoms with Crippen LogP contribution in [0.3, 0.4) is 0 Å². The first-order chi connectivity index (χ1) is 22.2. The third kappa shape index (κ3) is 39.2. The molecule has 0 fully saturated rings. The van der Waals surface area contributed by atoms with E-state index in [9.17, 15) is 9.59 Å². The summed E-state index contributed by atoms with van der Waals surface area (Å²) in [5, 5.41) is 0. The highest BCUT2D eigenvalue weighted by Gasteiger charge is 2.10. The van der Waals surface area contributed by atoms with Crippen molar-refractivity contribution in [2.24, 2.45) is 0 Å². The Bertz CT molecular complexity index is 543. The molecule has 5 nitrogen and oxygen atoms in total. The molecule has 0 bridgehead atoms.